The lowest BCUT2D eigenvalue weighted by Crippen LogP contribution is -1.97. The van der Waals surface area contributed by atoms with E-state index >= 15 is 0 Å². The molecule has 3 rings (SSSR count). The number of nitrogens with zero attached hydrogens (tertiary/aromatic N) is 3. The molecule has 0 amide bonds. The van der Waals surface area contributed by atoms with E-state index in [2.05, 4.69) is 15.6 Å². The summed E-state index contributed by atoms with van der Waals surface area (Å²) in [6.45, 7) is 2.51. The number of thiazole rings is 1. The molecule has 0 atom stereocenters. The van der Waals surface area contributed by atoms with Gasteiger partial charge in [0.1, 0.15) is 5.69 Å². The van der Waals surface area contributed by atoms with Gasteiger partial charge in [0, 0.05) is 19.0 Å². The van der Waals surface area contributed by atoms with E-state index in [4.69, 9.17) is 10.7 Å². The van der Waals surface area contributed by atoms with Crippen LogP contribution >= 0.6 is 11.3 Å². The standard InChI is InChI=1S/C13H14N4S/c1-8-15-10(7-18-8)13-16-12-9(6-14)4-3-5-11(12)17(13)2/h3-5,7H,6,14H2,1-2H3. The van der Waals surface area contributed by atoms with Crippen LogP contribution in [0.3, 0.4) is 0 Å². The SMILES string of the molecule is Cc1nc(-c2nc3c(CN)cccc3n2C)cs1. The van der Waals surface area contributed by atoms with Crippen LogP contribution in [0.25, 0.3) is 22.6 Å². The van der Waals surface area contributed by atoms with Crippen LogP contribution in [0.2, 0.25) is 0 Å². The molecule has 0 radical (unpaired) electrons. The van der Waals surface area contributed by atoms with Crippen LogP contribution in [-0.2, 0) is 13.6 Å². The van der Waals surface area contributed by atoms with Crippen molar-refractivity contribution in [2.24, 2.45) is 12.8 Å². The molecule has 3 aromatic rings. The normalized spacial score (nSPS) is 11.3. The number of benzene rings is 1. The monoisotopic (exact) mass is 258 g/mol. The molecule has 4 nitrogen and oxygen atoms in total. The van der Waals surface area contributed by atoms with Gasteiger partial charge >= 0.3 is 0 Å². The summed E-state index contributed by atoms with van der Waals surface area (Å²) < 4.78 is 2.07. The topological polar surface area (TPSA) is 56.7 Å². The van der Waals surface area contributed by atoms with Gasteiger partial charge in [-0.2, -0.15) is 0 Å². The first-order valence-electron chi connectivity index (χ1n) is 5.77. The Balaban J connectivity index is 2.28. The van der Waals surface area contributed by atoms with E-state index < -0.39 is 0 Å². The van der Waals surface area contributed by atoms with Crippen LogP contribution in [0.1, 0.15) is 10.6 Å². The quantitative estimate of drug-likeness (QED) is 0.768. The zero-order valence-corrected chi connectivity index (χ0v) is 11.2. The van der Waals surface area contributed by atoms with Gasteiger partial charge in [0.25, 0.3) is 0 Å². The molecule has 0 spiro atoms. The zero-order chi connectivity index (χ0) is 12.7. The average molecular weight is 258 g/mol. The number of imidazole rings is 1. The summed E-state index contributed by atoms with van der Waals surface area (Å²) in [4.78, 5) is 9.19. The third-order valence-corrected chi connectivity index (χ3v) is 3.84. The minimum atomic E-state index is 0.504. The maximum atomic E-state index is 5.76. The number of fused-ring (bicyclic) bond motifs is 1. The molecule has 0 saturated heterocycles. The second kappa shape index (κ2) is 4.19. The van der Waals surface area contributed by atoms with E-state index in [1.54, 1.807) is 11.3 Å². The van der Waals surface area contributed by atoms with Gasteiger partial charge in [0.05, 0.1) is 16.0 Å². The Bertz CT molecular complexity index is 711. The van der Waals surface area contributed by atoms with E-state index in [9.17, 15) is 0 Å². The highest BCUT2D eigenvalue weighted by atomic mass is 32.1. The Morgan fingerprint density at radius 2 is 2.17 bits per heavy atom. The lowest BCUT2D eigenvalue weighted by molar-refractivity contribution is 0.951. The fourth-order valence-electron chi connectivity index (χ4n) is 2.13. The van der Waals surface area contributed by atoms with Crippen molar-refractivity contribution < 1.29 is 0 Å². The summed E-state index contributed by atoms with van der Waals surface area (Å²) in [5.41, 5.74) is 9.83. The molecule has 0 aliphatic heterocycles. The summed E-state index contributed by atoms with van der Waals surface area (Å²) in [5, 5.41) is 3.09. The predicted octanol–water partition coefficient (Wildman–Crippen LogP) is 2.46. The van der Waals surface area contributed by atoms with Crippen molar-refractivity contribution in [1.29, 1.82) is 0 Å². The summed E-state index contributed by atoms with van der Waals surface area (Å²) in [5.74, 6) is 0.898. The fourth-order valence-corrected chi connectivity index (χ4v) is 2.72. The molecule has 0 fully saturated rings. The van der Waals surface area contributed by atoms with Gasteiger partial charge < -0.3 is 10.3 Å². The van der Waals surface area contributed by atoms with Crippen LogP contribution in [0.15, 0.2) is 23.6 Å². The molecule has 2 heterocycles. The van der Waals surface area contributed by atoms with Crippen LogP contribution in [-0.4, -0.2) is 14.5 Å². The van der Waals surface area contributed by atoms with Crippen molar-refractivity contribution in [3.05, 3.63) is 34.2 Å². The lowest BCUT2D eigenvalue weighted by atomic mass is 10.2. The number of hydrogen-bond donors (Lipinski definition) is 1. The molecule has 0 saturated carbocycles. The average Bonchev–Trinajstić information content (AvgIpc) is 2.94. The first kappa shape index (κ1) is 11.4. The van der Waals surface area contributed by atoms with Crippen molar-refractivity contribution in [3.63, 3.8) is 0 Å². The van der Waals surface area contributed by atoms with E-state index in [0.29, 0.717) is 6.54 Å². The first-order chi connectivity index (χ1) is 8.70. The molecule has 0 bridgehead atoms. The maximum Gasteiger partial charge on any atom is 0.160 e. The van der Waals surface area contributed by atoms with Gasteiger partial charge in [0.2, 0.25) is 0 Å². The number of rotatable bonds is 2. The molecule has 1 aromatic carbocycles. The van der Waals surface area contributed by atoms with Crippen LogP contribution in [0.5, 0.6) is 0 Å². The number of aromatic nitrogens is 3. The van der Waals surface area contributed by atoms with Gasteiger partial charge in [-0.05, 0) is 18.6 Å². The minimum Gasteiger partial charge on any atom is -0.326 e. The van der Waals surface area contributed by atoms with Crippen LogP contribution in [0.4, 0.5) is 0 Å². The molecular formula is C13H14N4S. The molecule has 0 unspecified atom stereocenters. The van der Waals surface area contributed by atoms with Crippen molar-refractivity contribution in [1.82, 2.24) is 14.5 Å². The summed E-state index contributed by atoms with van der Waals surface area (Å²) in [6.07, 6.45) is 0. The highest BCUT2D eigenvalue weighted by Crippen LogP contribution is 2.26. The predicted molar refractivity (Wildman–Crippen MR) is 74.5 cm³/mol. The Kier molecular flexibility index (Phi) is 2.65. The van der Waals surface area contributed by atoms with Crippen LogP contribution < -0.4 is 5.73 Å². The molecule has 0 aliphatic rings. The molecule has 0 aliphatic carbocycles. The summed E-state index contributed by atoms with van der Waals surface area (Å²) in [7, 11) is 2.01. The fraction of sp³-hybridized carbons (Fsp3) is 0.231. The maximum absolute atomic E-state index is 5.76. The number of hydrogen-bond acceptors (Lipinski definition) is 4. The Morgan fingerprint density at radius 1 is 1.33 bits per heavy atom. The molecule has 92 valence electrons. The van der Waals surface area contributed by atoms with Crippen molar-refractivity contribution in [2.45, 2.75) is 13.5 Å². The third kappa shape index (κ3) is 1.63. The molecule has 5 heteroatoms. The number of nitrogens with two attached hydrogens (primary N) is 1. The number of para-hydroxylation sites is 1. The van der Waals surface area contributed by atoms with Gasteiger partial charge in [0.15, 0.2) is 5.82 Å². The van der Waals surface area contributed by atoms with E-state index in [0.717, 1.165) is 33.1 Å². The number of aryl methyl sites for hydroxylation is 2. The Labute approximate surface area is 109 Å². The van der Waals surface area contributed by atoms with Crippen molar-refractivity contribution in [3.8, 4) is 11.5 Å². The minimum absolute atomic E-state index is 0.504. The van der Waals surface area contributed by atoms with Crippen molar-refractivity contribution in [2.75, 3.05) is 0 Å². The molecule has 2 N–H and O–H groups in total. The highest BCUT2D eigenvalue weighted by molar-refractivity contribution is 7.09. The Morgan fingerprint density at radius 3 is 2.83 bits per heavy atom. The Hall–Kier alpha value is -1.72. The van der Waals surface area contributed by atoms with Gasteiger partial charge in [-0.15, -0.1) is 11.3 Å². The van der Waals surface area contributed by atoms with Crippen molar-refractivity contribution >= 4 is 22.4 Å². The van der Waals surface area contributed by atoms with Gasteiger partial charge in [-0.25, -0.2) is 9.97 Å². The highest BCUT2D eigenvalue weighted by Gasteiger charge is 2.13. The van der Waals surface area contributed by atoms with E-state index in [1.165, 1.54) is 0 Å². The second-order valence-electron chi connectivity index (χ2n) is 4.24. The molecule has 2 aromatic heterocycles. The van der Waals surface area contributed by atoms with Gasteiger partial charge in [-0.1, -0.05) is 12.1 Å². The van der Waals surface area contributed by atoms with Gasteiger partial charge in [-0.3, -0.25) is 0 Å². The first-order valence-corrected chi connectivity index (χ1v) is 6.65. The zero-order valence-electron chi connectivity index (χ0n) is 10.3. The van der Waals surface area contributed by atoms with E-state index in [-0.39, 0.29) is 0 Å². The lowest BCUT2D eigenvalue weighted by Gasteiger charge is -1.99. The van der Waals surface area contributed by atoms with Crippen LogP contribution in [0, 0.1) is 6.92 Å². The molecular weight excluding hydrogens is 244 g/mol. The third-order valence-electron chi connectivity index (χ3n) is 3.06. The summed E-state index contributed by atoms with van der Waals surface area (Å²) >= 11 is 1.64. The second-order valence-corrected chi connectivity index (χ2v) is 5.30. The molecule has 18 heavy (non-hydrogen) atoms. The van der Waals surface area contributed by atoms with E-state index in [1.807, 2.05) is 31.5 Å². The summed E-state index contributed by atoms with van der Waals surface area (Å²) in [6, 6.07) is 6.10. The smallest absolute Gasteiger partial charge is 0.160 e. The largest absolute Gasteiger partial charge is 0.326 e.